The second-order valence-corrected chi connectivity index (χ2v) is 5.31. The fraction of sp³-hybridized carbons (Fsp3) is 1.00. The van der Waals surface area contributed by atoms with Gasteiger partial charge in [-0.3, -0.25) is 4.90 Å². The molecule has 102 valence electrons. The molecule has 0 spiro atoms. The van der Waals surface area contributed by atoms with E-state index in [1.54, 1.807) is 0 Å². The maximum absolute atomic E-state index is 5.90. The van der Waals surface area contributed by atoms with Crippen LogP contribution in [0.5, 0.6) is 0 Å². The van der Waals surface area contributed by atoms with Gasteiger partial charge in [0, 0.05) is 26.2 Å². The van der Waals surface area contributed by atoms with E-state index in [9.17, 15) is 0 Å². The molecule has 1 atom stereocenters. The van der Waals surface area contributed by atoms with Crippen LogP contribution in [0.1, 0.15) is 26.7 Å². The maximum Gasteiger partial charge on any atom is 0.0659 e. The highest BCUT2D eigenvalue weighted by Crippen LogP contribution is 2.13. The number of nitrogens with two attached hydrogens (primary N) is 1. The van der Waals surface area contributed by atoms with Gasteiger partial charge in [-0.25, -0.2) is 0 Å². The van der Waals surface area contributed by atoms with E-state index in [1.165, 1.54) is 25.9 Å². The number of likely N-dealkylation sites (tertiary alicyclic amines) is 1. The van der Waals surface area contributed by atoms with E-state index in [4.69, 9.17) is 10.5 Å². The minimum atomic E-state index is -0.0320. The normalized spacial score (nSPS) is 21.0. The van der Waals surface area contributed by atoms with Crippen LogP contribution < -0.4 is 5.73 Å². The van der Waals surface area contributed by atoms with E-state index in [1.807, 2.05) is 6.92 Å². The van der Waals surface area contributed by atoms with Crippen molar-refractivity contribution in [3.63, 3.8) is 0 Å². The lowest BCUT2D eigenvalue weighted by atomic mass is 10.0. The van der Waals surface area contributed by atoms with Gasteiger partial charge in [0.25, 0.3) is 0 Å². The molecule has 1 rings (SSSR count). The van der Waals surface area contributed by atoms with Crippen LogP contribution in [0, 0.1) is 0 Å². The topological polar surface area (TPSA) is 41.7 Å². The number of rotatable bonds is 8. The molecule has 0 aliphatic carbocycles. The summed E-state index contributed by atoms with van der Waals surface area (Å²) in [6, 6.07) is 0. The summed E-state index contributed by atoms with van der Waals surface area (Å²) >= 11 is 0. The van der Waals surface area contributed by atoms with Gasteiger partial charge >= 0.3 is 0 Å². The molecule has 0 radical (unpaired) electrons. The lowest BCUT2D eigenvalue weighted by Gasteiger charge is -2.38. The number of hydrogen-bond acceptors (Lipinski definition) is 4. The highest BCUT2D eigenvalue weighted by atomic mass is 16.5. The van der Waals surface area contributed by atoms with Gasteiger partial charge in [0.15, 0.2) is 0 Å². The number of ether oxygens (including phenoxy) is 1. The molecular formula is C13H29N3O. The fourth-order valence-corrected chi connectivity index (χ4v) is 2.21. The third-order valence-electron chi connectivity index (χ3n) is 3.93. The Labute approximate surface area is 106 Å². The Kier molecular flexibility index (Phi) is 6.41. The molecule has 0 aromatic rings. The zero-order chi connectivity index (χ0) is 12.7. The lowest BCUT2D eigenvalue weighted by Crippen LogP contribution is -2.54. The molecule has 0 aromatic carbocycles. The molecule has 4 heteroatoms. The van der Waals surface area contributed by atoms with Crippen molar-refractivity contribution in [2.45, 2.75) is 32.2 Å². The minimum Gasteiger partial charge on any atom is -0.380 e. The van der Waals surface area contributed by atoms with Crippen molar-refractivity contribution in [2.24, 2.45) is 5.73 Å². The van der Waals surface area contributed by atoms with Crippen molar-refractivity contribution < 1.29 is 4.74 Å². The van der Waals surface area contributed by atoms with Crippen LogP contribution in [0.2, 0.25) is 0 Å². The van der Waals surface area contributed by atoms with Crippen molar-refractivity contribution in [3.8, 4) is 0 Å². The molecule has 0 saturated carbocycles. The van der Waals surface area contributed by atoms with Crippen LogP contribution in [-0.2, 0) is 4.74 Å². The van der Waals surface area contributed by atoms with Gasteiger partial charge < -0.3 is 15.4 Å². The summed E-state index contributed by atoms with van der Waals surface area (Å²) in [6.45, 7) is 11.1. The summed E-state index contributed by atoms with van der Waals surface area (Å²) in [6.07, 6.45) is 2.72. The molecule has 1 aliphatic heterocycles. The molecule has 0 aromatic heterocycles. The highest BCUT2D eigenvalue weighted by Gasteiger charge is 2.28. The van der Waals surface area contributed by atoms with Crippen LogP contribution >= 0.6 is 0 Å². The molecule has 2 N–H and O–H groups in total. The van der Waals surface area contributed by atoms with Gasteiger partial charge in [0.1, 0.15) is 0 Å². The zero-order valence-corrected chi connectivity index (χ0v) is 11.7. The Balaban J connectivity index is 2.33. The maximum atomic E-state index is 5.90. The van der Waals surface area contributed by atoms with Crippen LogP contribution in [-0.4, -0.2) is 68.3 Å². The Morgan fingerprint density at radius 2 is 2.00 bits per heavy atom. The standard InChI is InChI=1S/C13H29N3O/c1-4-17-12-13(2,11-14)15(3)9-10-16-7-5-6-8-16/h4-12,14H2,1-3H3. The second kappa shape index (κ2) is 7.31. The molecule has 1 heterocycles. The van der Waals surface area contributed by atoms with E-state index < -0.39 is 0 Å². The van der Waals surface area contributed by atoms with Crippen LogP contribution in [0.15, 0.2) is 0 Å². The fourth-order valence-electron chi connectivity index (χ4n) is 2.21. The Morgan fingerprint density at radius 3 is 2.53 bits per heavy atom. The van der Waals surface area contributed by atoms with E-state index in [-0.39, 0.29) is 5.54 Å². The van der Waals surface area contributed by atoms with Crippen molar-refractivity contribution in [2.75, 3.05) is 53.0 Å². The van der Waals surface area contributed by atoms with Gasteiger partial charge in [0.05, 0.1) is 12.1 Å². The average Bonchev–Trinajstić information content (AvgIpc) is 2.86. The van der Waals surface area contributed by atoms with Crippen molar-refractivity contribution in [1.82, 2.24) is 9.80 Å². The first-order valence-corrected chi connectivity index (χ1v) is 6.84. The molecule has 4 nitrogen and oxygen atoms in total. The SMILES string of the molecule is CCOCC(C)(CN)N(C)CCN1CCCC1. The Bertz CT molecular complexity index is 207. The van der Waals surface area contributed by atoms with Crippen LogP contribution in [0.4, 0.5) is 0 Å². The molecule has 0 amide bonds. The summed E-state index contributed by atoms with van der Waals surface area (Å²) in [4.78, 5) is 4.88. The smallest absolute Gasteiger partial charge is 0.0659 e. The van der Waals surface area contributed by atoms with Gasteiger partial charge in [-0.15, -0.1) is 0 Å². The number of hydrogen-bond donors (Lipinski definition) is 1. The molecule has 1 unspecified atom stereocenters. The molecular weight excluding hydrogens is 214 g/mol. The third-order valence-corrected chi connectivity index (χ3v) is 3.93. The van der Waals surface area contributed by atoms with E-state index in [0.717, 1.165) is 26.3 Å². The quantitative estimate of drug-likeness (QED) is 0.684. The van der Waals surface area contributed by atoms with E-state index >= 15 is 0 Å². The van der Waals surface area contributed by atoms with Crippen molar-refractivity contribution in [1.29, 1.82) is 0 Å². The zero-order valence-electron chi connectivity index (χ0n) is 11.7. The summed E-state index contributed by atoms with van der Waals surface area (Å²) in [5.41, 5.74) is 5.87. The van der Waals surface area contributed by atoms with Crippen LogP contribution in [0.25, 0.3) is 0 Å². The first kappa shape index (κ1) is 14.9. The number of likely N-dealkylation sites (N-methyl/N-ethyl adjacent to an activating group) is 1. The summed E-state index contributed by atoms with van der Waals surface area (Å²) in [7, 11) is 2.15. The first-order chi connectivity index (χ1) is 8.12. The number of nitrogens with zero attached hydrogens (tertiary/aromatic N) is 2. The molecule has 17 heavy (non-hydrogen) atoms. The predicted molar refractivity (Wildman–Crippen MR) is 72.3 cm³/mol. The van der Waals surface area contributed by atoms with Gasteiger partial charge in [0.2, 0.25) is 0 Å². The van der Waals surface area contributed by atoms with Gasteiger partial charge in [-0.2, -0.15) is 0 Å². The second-order valence-electron chi connectivity index (χ2n) is 5.31. The largest absolute Gasteiger partial charge is 0.380 e. The predicted octanol–water partition coefficient (Wildman–Crippen LogP) is 0.768. The summed E-state index contributed by atoms with van der Waals surface area (Å²) < 4.78 is 5.55. The van der Waals surface area contributed by atoms with E-state index in [0.29, 0.717) is 6.54 Å². The van der Waals surface area contributed by atoms with Gasteiger partial charge in [-0.1, -0.05) is 0 Å². The average molecular weight is 243 g/mol. The summed E-state index contributed by atoms with van der Waals surface area (Å²) in [5.74, 6) is 0. The minimum absolute atomic E-state index is 0.0320. The summed E-state index contributed by atoms with van der Waals surface area (Å²) in [5, 5.41) is 0. The lowest BCUT2D eigenvalue weighted by molar-refractivity contribution is 0.0208. The highest BCUT2D eigenvalue weighted by molar-refractivity contribution is 4.86. The van der Waals surface area contributed by atoms with Gasteiger partial charge in [-0.05, 0) is 46.8 Å². The molecule has 1 aliphatic rings. The first-order valence-electron chi connectivity index (χ1n) is 6.84. The van der Waals surface area contributed by atoms with E-state index in [2.05, 4.69) is 23.8 Å². The van der Waals surface area contributed by atoms with Crippen LogP contribution in [0.3, 0.4) is 0 Å². The molecule has 1 fully saturated rings. The van der Waals surface area contributed by atoms with Crippen molar-refractivity contribution >= 4 is 0 Å². The Morgan fingerprint density at radius 1 is 1.35 bits per heavy atom. The molecule has 0 bridgehead atoms. The third kappa shape index (κ3) is 4.54. The monoisotopic (exact) mass is 243 g/mol. The molecule has 1 saturated heterocycles. The van der Waals surface area contributed by atoms with Crippen molar-refractivity contribution in [3.05, 3.63) is 0 Å². The Hall–Kier alpha value is -0.160.